The number of fused-ring (bicyclic) bond motifs is 2. The first kappa shape index (κ1) is 55.6. The number of carbonyl (C=O) groups is 7. The van der Waals surface area contributed by atoms with Crippen LogP contribution >= 0.6 is 34.9 Å². The van der Waals surface area contributed by atoms with E-state index in [4.69, 9.17) is 4.74 Å². The van der Waals surface area contributed by atoms with Gasteiger partial charge in [0.05, 0.1) is 17.6 Å². The summed E-state index contributed by atoms with van der Waals surface area (Å²) in [4.78, 5) is 118. The highest BCUT2D eigenvalue weighted by atomic mass is 79.9. The van der Waals surface area contributed by atoms with Gasteiger partial charge >= 0.3 is 13.3 Å². The Labute approximate surface area is 449 Å². The summed E-state index contributed by atoms with van der Waals surface area (Å²) in [5.41, 5.74) is -3.33. The van der Waals surface area contributed by atoms with E-state index in [-0.39, 0.29) is 92.9 Å². The summed E-state index contributed by atoms with van der Waals surface area (Å²) in [6.45, 7) is 5.59. The molecule has 0 saturated carbocycles. The molecule has 3 aliphatic rings. The van der Waals surface area contributed by atoms with Gasteiger partial charge in [-0.25, -0.2) is 0 Å². The van der Waals surface area contributed by atoms with Crippen molar-refractivity contribution in [3.8, 4) is 11.8 Å². The molecule has 8 rings (SSSR count). The minimum absolute atomic E-state index is 0.0279. The number of halogens is 3. The molecule has 7 amide bonds. The number of benzene rings is 4. The Morgan fingerprint density at radius 1 is 0.987 bits per heavy atom. The van der Waals surface area contributed by atoms with Crippen molar-refractivity contribution in [2.24, 2.45) is 5.41 Å². The maximum absolute atomic E-state index is 15.1. The largest absolute Gasteiger partial charge is 0.399 e. The van der Waals surface area contributed by atoms with Gasteiger partial charge in [-0.05, 0) is 82.9 Å². The number of alkyl halides is 2. The molecule has 4 aromatic carbocycles. The average molecular weight is 1140 g/mol. The van der Waals surface area contributed by atoms with Crippen LogP contribution in [0.2, 0.25) is 0 Å². The molecule has 398 valence electrons. The number of ether oxygens (including phenoxy) is 1. The van der Waals surface area contributed by atoms with E-state index in [0.29, 0.717) is 27.1 Å². The molecule has 4 atom stereocenters. The molecule has 4 heterocycles. The Hall–Kier alpha value is -6.66. The van der Waals surface area contributed by atoms with Crippen molar-refractivity contribution in [2.45, 2.75) is 95.9 Å². The van der Waals surface area contributed by atoms with Gasteiger partial charge in [0.1, 0.15) is 18.1 Å². The first-order chi connectivity index (χ1) is 36.0. The van der Waals surface area contributed by atoms with Crippen molar-refractivity contribution in [2.75, 3.05) is 24.5 Å². The zero-order valence-corrected chi connectivity index (χ0v) is 44.8. The van der Waals surface area contributed by atoms with Crippen LogP contribution in [0.3, 0.4) is 0 Å². The molecular formula is C54H54BrF2N6O11PS. The van der Waals surface area contributed by atoms with Crippen molar-refractivity contribution >= 4 is 92.0 Å². The van der Waals surface area contributed by atoms with E-state index in [1.165, 1.54) is 26.8 Å². The lowest BCUT2D eigenvalue weighted by atomic mass is 9.85. The Morgan fingerprint density at radius 3 is 2.42 bits per heavy atom. The summed E-state index contributed by atoms with van der Waals surface area (Å²) in [6, 6.07) is 22.6. The van der Waals surface area contributed by atoms with E-state index in [1.807, 2.05) is 30.3 Å². The smallest absolute Gasteiger partial charge is 0.372 e. The first-order valence-corrected chi connectivity index (χ1v) is 27.6. The minimum atomic E-state index is -5.87. The van der Waals surface area contributed by atoms with Crippen LogP contribution in [0.25, 0.3) is 10.1 Å². The van der Waals surface area contributed by atoms with Crippen LogP contribution in [0.4, 0.5) is 14.5 Å². The number of hydrogen-bond donors (Lipinski definition) is 5. The maximum Gasteiger partial charge on any atom is 0.399 e. The SMILES string of the molecule is CC(C)(C)[C@H](NC(=O)c1cc2cc(C(F)(F)P(=O)(O)O)ccc2s1)C(=O)N1C[C@H](OCc2ccccc2)C[C@H]1C(=O)N(CCC(=O)NCCC#Cc1cccc2c1CN(C1CCC(=O)NC1=O)C2=O)c1ccc(Br)cc1. The summed E-state index contributed by atoms with van der Waals surface area (Å²) < 4.78 is 48.3. The third kappa shape index (κ3) is 12.4. The molecule has 0 radical (unpaired) electrons. The van der Waals surface area contributed by atoms with Crippen LogP contribution in [0.5, 0.6) is 0 Å². The third-order valence-electron chi connectivity index (χ3n) is 13.3. The van der Waals surface area contributed by atoms with Gasteiger partial charge in [0.2, 0.25) is 29.5 Å². The van der Waals surface area contributed by atoms with Crippen molar-refractivity contribution in [3.63, 3.8) is 0 Å². The fourth-order valence-corrected chi connectivity index (χ4v) is 11.0. The second-order valence-electron chi connectivity index (χ2n) is 19.7. The summed E-state index contributed by atoms with van der Waals surface area (Å²) in [5, 5.41) is 8.11. The van der Waals surface area contributed by atoms with E-state index in [1.54, 1.807) is 63.2 Å². The highest BCUT2D eigenvalue weighted by molar-refractivity contribution is 9.10. The summed E-state index contributed by atoms with van der Waals surface area (Å²) in [6.07, 6.45) is -0.0838. The second-order valence-corrected chi connectivity index (χ2v) is 23.4. The number of likely N-dealkylation sites (tertiary alicyclic amines) is 1. The molecule has 0 bridgehead atoms. The molecule has 0 spiro atoms. The van der Waals surface area contributed by atoms with Crippen molar-refractivity contribution < 1.29 is 61.4 Å². The van der Waals surface area contributed by atoms with Crippen molar-refractivity contribution in [1.29, 1.82) is 0 Å². The highest BCUT2D eigenvalue weighted by Gasteiger charge is 2.51. The molecule has 1 aromatic heterocycles. The van der Waals surface area contributed by atoms with E-state index in [2.05, 4.69) is 43.7 Å². The zero-order valence-electron chi connectivity index (χ0n) is 41.5. The molecular weight excluding hydrogens is 1090 g/mol. The van der Waals surface area contributed by atoms with Crippen molar-refractivity contribution in [1.82, 2.24) is 25.8 Å². The Morgan fingerprint density at radius 2 is 1.72 bits per heavy atom. The number of imide groups is 1. The number of nitrogens with zero attached hydrogens (tertiary/aromatic N) is 3. The fourth-order valence-electron chi connectivity index (χ4n) is 9.31. The number of rotatable bonds is 16. The molecule has 5 N–H and O–H groups in total. The summed E-state index contributed by atoms with van der Waals surface area (Å²) in [5.74, 6) is 2.74. The van der Waals surface area contributed by atoms with Gasteiger partial charge < -0.3 is 39.9 Å². The van der Waals surface area contributed by atoms with Crippen LogP contribution in [-0.2, 0) is 52.1 Å². The Balaban J connectivity index is 0.970. The average Bonchev–Trinajstić information content (AvgIpc) is 4.10. The molecule has 1 unspecified atom stereocenters. The number of hydrogen-bond acceptors (Lipinski definition) is 10. The number of piperidine rings is 1. The number of amides is 7. The molecule has 2 fully saturated rings. The third-order valence-corrected chi connectivity index (χ3v) is 16.0. The number of anilines is 1. The topological polar surface area (TPSA) is 232 Å². The quantitative estimate of drug-likeness (QED) is 0.0293. The normalized spacial score (nSPS) is 18.2. The monoisotopic (exact) mass is 1140 g/mol. The maximum atomic E-state index is 15.1. The van der Waals surface area contributed by atoms with E-state index in [0.717, 1.165) is 33.5 Å². The Kier molecular flexibility index (Phi) is 16.7. The van der Waals surface area contributed by atoms with Gasteiger partial charge in [-0.1, -0.05) is 91.0 Å². The van der Waals surface area contributed by atoms with Crippen LogP contribution in [0.1, 0.15) is 95.2 Å². The van der Waals surface area contributed by atoms with Gasteiger partial charge in [0, 0.05) is 83.4 Å². The molecule has 76 heavy (non-hydrogen) atoms. The summed E-state index contributed by atoms with van der Waals surface area (Å²) in [7, 11) is -5.87. The molecule has 0 aliphatic carbocycles. The standard InChI is InChI=1S/C54H54BrF2N6O11PS/c1-53(2,3)47(60-49(67)44-27-34-26-35(15-21-43(34)76-44)54(56,57)75(71,72)73)52(70)62-29-38(74-31-32-10-5-4-6-11-32)28-42(62)51(69)61(37-18-16-36(55)17-19-37)25-23-45(64)58-24-8-7-12-33-13-9-14-39-40(33)30-63(50(39)68)41-20-22-46(65)59-48(41)66/h4-6,9-11,13-19,21,26-27,38,41-42,47H,8,20,22-25,28-31H2,1-3H3,(H,58,64)(H,60,67)(H,59,65,66)(H2,71,72,73)/t38-,41?,42+,47-/m1/s1. The second kappa shape index (κ2) is 22.9. The molecule has 2 saturated heterocycles. The fraction of sp³-hybridized carbons (Fsp3) is 0.352. The Bertz CT molecular complexity index is 3210. The zero-order chi connectivity index (χ0) is 54.7. The van der Waals surface area contributed by atoms with Gasteiger partial charge in [-0.2, -0.15) is 8.78 Å². The van der Waals surface area contributed by atoms with Gasteiger partial charge in [0.15, 0.2) is 0 Å². The predicted molar refractivity (Wildman–Crippen MR) is 282 cm³/mol. The number of carbonyl (C=O) groups excluding carboxylic acids is 7. The minimum Gasteiger partial charge on any atom is -0.372 e. The van der Waals surface area contributed by atoms with E-state index < -0.39 is 72.1 Å². The highest BCUT2D eigenvalue weighted by Crippen LogP contribution is 2.59. The van der Waals surface area contributed by atoms with Crippen LogP contribution in [0.15, 0.2) is 102 Å². The van der Waals surface area contributed by atoms with Gasteiger partial charge in [0.25, 0.3) is 11.8 Å². The number of nitrogens with one attached hydrogen (secondary N) is 3. The predicted octanol–water partition coefficient (Wildman–Crippen LogP) is 6.96. The lowest BCUT2D eigenvalue weighted by Crippen LogP contribution is -2.58. The van der Waals surface area contributed by atoms with Crippen molar-refractivity contribution in [3.05, 3.63) is 134 Å². The van der Waals surface area contributed by atoms with E-state index in [9.17, 15) is 47.1 Å². The molecule has 5 aromatic rings. The van der Waals surface area contributed by atoms with E-state index >= 15 is 9.59 Å². The van der Waals surface area contributed by atoms with Gasteiger partial charge in [-0.3, -0.25) is 43.4 Å². The lowest BCUT2D eigenvalue weighted by Gasteiger charge is -2.36. The van der Waals surface area contributed by atoms with Crippen LogP contribution < -0.4 is 20.9 Å². The van der Waals surface area contributed by atoms with Crippen LogP contribution in [-0.4, -0.2) is 105 Å². The van der Waals surface area contributed by atoms with Gasteiger partial charge in [-0.15, -0.1) is 11.3 Å². The number of thiophene rings is 1. The first-order valence-electron chi connectivity index (χ1n) is 24.3. The molecule has 17 nitrogen and oxygen atoms in total. The lowest BCUT2D eigenvalue weighted by molar-refractivity contribution is -0.141. The van der Waals surface area contributed by atoms with Crippen LogP contribution in [0, 0.1) is 17.3 Å². The molecule has 3 aliphatic heterocycles. The molecule has 22 heteroatoms. The summed E-state index contributed by atoms with van der Waals surface area (Å²) >= 11 is 4.38.